The molecule has 0 bridgehead atoms. The Kier molecular flexibility index (Phi) is 3.50. The van der Waals surface area contributed by atoms with Crippen LogP contribution in [-0.2, 0) is 0 Å². The third-order valence-electron chi connectivity index (χ3n) is 3.29. The third kappa shape index (κ3) is 2.37. The van der Waals surface area contributed by atoms with Crippen molar-refractivity contribution in [1.29, 1.82) is 0 Å². The molecule has 19 heavy (non-hydrogen) atoms. The van der Waals surface area contributed by atoms with Crippen molar-refractivity contribution in [3.63, 3.8) is 0 Å². The summed E-state index contributed by atoms with van der Waals surface area (Å²) in [5.74, 6) is 0.904. The second-order valence-corrected chi connectivity index (χ2v) is 6.22. The van der Waals surface area contributed by atoms with Crippen LogP contribution >= 0.6 is 31.9 Å². The average molecular weight is 380 g/mol. The van der Waals surface area contributed by atoms with Crippen molar-refractivity contribution in [2.75, 3.05) is 0 Å². The zero-order valence-corrected chi connectivity index (χ0v) is 13.5. The highest BCUT2D eigenvalue weighted by atomic mass is 79.9. The number of hydrogen-bond acceptors (Lipinski definition) is 1. The fourth-order valence-electron chi connectivity index (χ4n) is 2.31. The molecule has 0 aliphatic carbocycles. The number of fused-ring (bicyclic) bond motifs is 1. The van der Waals surface area contributed by atoms with E-state index in [0.717, 1.165) is 10.4 Å². The lowest BCUT2D eigenvalue weighted by Crippen LogP contribution is -1.93. The standard InChI is InChI=1S/C16H12Br2O/c1-10-6-7-13(12-5-3-2-4-11(10)12)16(18)14-8-9-15(17)19-14/h2-9,16H,1H3. The van der Waals surface area contributed by atoms with Crippen LogP contribution in [0.3, 0.4) is 0 Å². The zero-order valence-electron chi connectivity index (χ0n) is 10.4. The topological polar surface area (TPSA) is 13.1 Å². The summed E-state index contributed by atoms with van der Waals surface area (Å²) < 4.78 is 6.40. The van der Waals surface area contributed by atoms with Crippen LogP contribution in [0, 0.1) is 6.92 Å². The molecule has 1 heterocycles. The van der Waals surface area contributed by atoms with Crippen LogP contribution in [-0.4, -0.2) is 0 Å². The first kappa shape index (κ1) is 12.9. The van der Waals surface area contributed by atoms with Crippen LogP contribution in [0.15, 0.2) is 57.6 Å². The van der Waals surface area contributed by atoms with Crippen molar-refractivity contribution in [2.45, 2.75) is 11.8 Å². The van der Waals surface area contributed by atoms with Gasteiger partial charge < -0.3 is 4.42 Å². The Balaban J connectivity index is 2.18. The lowest BCUT2D eigenvalue weighted by Gasteiger charge is -2.12. The van der Waals surface area contributed by atoms with Crippen LogP contribution in [0.2, 0.25) is 0 Å². The van der Waals surface area contributed by atoms with Gasteiger partial charge in [-0.3, -0.25) is 0 Å². The minimum atomic E-state index is 0.0595. The Morgan fingerprint density at radius 3 is 2.37 bits per heavy atom. The van der Waals surface area contributed by atoms with Gasteiger partial charge in [-0.15, -0.1) is 0 Å². The molecule has 0 aliphatic rings. The Hall–Kier alpha value is -1.06. The third-order valence-corrected chi connectivity index (χ3v) is 4.66. The van der Waals surface area contributed by atoms with E-state index >= 15 is 0 Å². The molecule has 3 heteroatoms. The minimum absolute atomic E-state index is 0.0595. The van der Waals surface area contributed by atoms with Crippen molar-refractivity contribution in [3.05, 3.63) is 70.1 Å². The molecule has 1 nitrogen and oxygen atoms in total. The van der Waals surface area contributed by atoms with E-state index in [4.69, 9.17) is 4.42 Å². The van der Waals surface area contributed by atoms with Gasteiger partial charge in [0, 0.05) is 0 Å². The van der Waals surface area contributed by atoms with Gasteiger partial charge in [-0.05, 0) is 56.9 Å². The lowest BCUT2D eigenvalue weighted by molar-refractivity contribution is 0.497. The predicted octanol–water partition coefficient (Wildman–Crippen LogP) is 5.99. The zero-order chi connectivity index (χ0) is 13.4. The van der Waals surface area contributed by atoms with Crippen molar-refractivity contribution >= 4 is 42.6 Å². The maximum absolute atomic E-state index is 5.65. The normalized spacial score (nSPS) is 12.8. The van der Waals surface area contributed by atoms with Crippen LogP contribution < -0.4 is 0 Å². The van der Waals surface area contributed by atoms with Crippen LogP contribution in [0.5, 0.6) is 0 Å². The quantitative estimate of drug-likeness (QED) is 0.498. The van der Waals surface area contributed by atoms with E-state index in [-0.39, 0.29) is 4.83 Å². The van der Waals surface area contributed by atoms with E-state index < -0.39 is 0 Å². The van der Waals surface area contributed by atoms with Crippen molar-refractivity contribution in [3.8, 4) is 0 Å². The Labute approximate surface area is 128 Å². The molecule has 0 N–H and O–H groups in total. The van der Waals surface area contributed by atoms with Crippen molar-refractivity contribution < 1.29 is 4.42 Å². The first-order valence-corrected chi connectivity index (χ1v) is 7.75. The second-order valence-electron chi connectivity index (χ2n) is 4.52. The monoisotopic (exact) mass is 378 g/mol. The summed E-state index contributed by atoms with van der Waals surface area (Å²) in [6.07, 6.45) is 0. The van der Waals surface area contributed by atoms with E-state index in [1.54, 1.807) is 0 Å². The van der Waals surface area contributed by atoms with E-state index in [1.807, 2.05) is 12.1 Å². The number of alkyl halides is 1. The maximum atomic E-state index is 5.65. The lowest BCUT2D eigenvalue weighted by atomic mass is 9.98. The van der Waals surface area contributed by atoms with Gasteiger partial charge in [0.25, 0.3) is 0 Å². The summed E-state index contributed by atoms with van der Waals surface area (Å²) >= 11 is 7.09. The number of aryl methyl sites for hydroxylation is 1. The molecule has 1 aromatic heterocycles. The Morgan fingerprint density at radius 1 is 0.947 bits per heavy atom. The Morgan fingerprint density at radius 2 is 1.68 bits per heavy atom. The second kappa shape index (κ2) is 5.14. The summed E-state index contributed by atoms with van der Waals surface area (Å²) in [6.45, 7) is 2.14. The van der Waals surface area contributed by atoms with Gasteiger partial charge in [0.15, 0.2) is 4.67 Å². The number of rotatable bonds is 2. The highest BCUT2D eigenvalue weighted by Gasteiger charge is 2.17. The molecule has 0 saturated heterocycles. The van der Waals surface area contributed by atoms with E-state index in [2.05, 4.69) is 75.2 Å². The molecular formula is C16H12Br2O. The number of benzene rings is 2. The van der Waals surface area contributed by atoms with Crippen LogP contribution in [0.4, 0.5) is 0 Å². The summed E-state index contributed by atoms with van der Waals surface area (Å²) in [4.78, 5) is 0.0595. The van der Waals surface area contributed by atoms with Crippen molar-refractivity contribution in [1.82, 2.24) is 0 Å². The van der Waals surface area contributed by atoms with Gasteiger partial charge >= 0.3 is 0 Å². The number of halogens is 2. The SMILES string of the molecule is Cc1ccc(C(Br)c2ccc(Br)o2)c2ccccc12. The van der Waals surface area contributed by atoms with Crippen LogP contribution in [0.1, 0.15) is 21.7 Å². The number of furan rings is 1. The van der Waals surface area contributed by atoms with Crippen molar-refractivity contribution in [2.24, 2.45) is 0 Å². The van der Waals surface area contributed by atoms with E-state index in [0.29, 0.717) is 0 Å². The molecule has 3 rings (SSSR count). The molecule has 0 fully saturated rings. The molecule has 1 atom stereocenters. The molecule has 2 aromatic carbocycles. The van der Waals surface area contributed by atoms with Gasteiger partial charge in [-0.25, -0.2) is 0 Å². The van der Waals surface area contributed by atoms with Gasteiger partial charge in [-0.1, -0.05) is 52.3 Å². The summed E-state index contributed by atoms with van der Waals surface area (Å²) in [5.41, 5.74) is 2.52. The van der Waals surface area contributed by atoms with E-state index in [9.17, 15) is 0 Å². The van der Waals surface area contributed by atoms with E-state index in [1.165, 1.54) is 21.9 Å². The molecule has 0 saturated carbocycles. The van der Waals surface area contributed by atoms with Gasteiger partial charge in [0.2, 0.25) is 0 Å². The molecule has 0 radical (unpaired) electrons. The minimum Gasteiger partial charge on any atom is -0.453 e. The molecular weight excluding hydrogens is 368 g/mol. The molecule has 0 spiro atoms. The Bertz CT molecular complexity index is 730. The molecule has 0 amide bonds. The fraction of sp³-hybridized carbons (Fsp3) is 0.125. The fourth-order valence-corrected chi connectivity index (χ4v) is 3.28. The smallest absolute Gasteiger partial charge is 0.169 e. The first-order valence-electron chi connectivity index (χ1n) is 6.04. The van der Waals surface area contributed by atoms with Gasteiger partial charge in [0.05, 0.1) is 4.83 Å². The summed E-state index contributed by atoms with van der Waals surface area (Å²) in [5, 5.41) is 2.55. The molecule has 1 unspecified atom stereocenters. The molecule has 3 aromatic rings. The molecule has 96 valence electrons. The number of hydrogen-bond donors (Lipinski definition) is 0. The highest BCUT2D eigenvalue weighted by Crippen LogP contribution is 2.37. The summed E-state index contributed by atoms with van der Waals surface area (Å²) in [7, 11) is 0. The summed E-state index contributed by atoms with van der Waals surface area (Å²) in [6, 6.07) is 16.7. The maximum Gasteiger partial charge on any atom is 0.169 e. The highest BCUT2D eigenvalue weighted by molar-refractivity contribution is 9.10. The largest absolute Gasteiger partial charge is 0.453 e. The van der Waals surface area contributed by atoms with Gasteiger partial charge in [-0.2, -0.15) is 0 Å². The molecule has 0 aliphatic heterocycles. The predicted molar refractivity (Wildman–Crippen MR) is 85.9 cm³/mol. The van der Waals surface area contributed by atoms with Gasteiger partial charge in [0.1, 0.15) is 5.76 Å². The van der Waals surface area contributed by atoms with Crippen LogP contribution in [0.25, 0.3) is 10.8 Å². The average Bonchev–Trinajstić information content (AvgIpc) is 2.86. The first-order chi connectivity index (χ1) is 9.16.